The number of fused-ring (bicyclic) bond motifs is 1. The molecular formula is C9H8N2O2. The van der Waals surface area contributed by atoms with Crippen molar-refractivity contribution >= 4 is 11.1 Å². The van der Waals surface area contributed by atoms with Crippen LogP contribution in [0.15, 0.2) is 21.7 Å². The average molecular weight is 176 g/mol. The lowest BCUT2D eigenvalue weighted by atomic mass is 10.2. The van der Waals surface area contributed by atoms with Crippen molar-refractivity contribution < 1.29 is 4.42 Å². The van der Waals surface area contributed by atoms with Gasteiger partial charge in [0.25, 0.3) is 0 Å². The molecule has 4 heteroatoms. The topological polar surface area (TPSA) is 56.0 Å². The van der Waals surface area contributed by atoms with Crippen molar-refractivity contribution in [2.75, 3.05) is 0 Å². The van der Waals surface area contributed by atoms with E-state index in [1.807, 2.05) is 6.92 Å². The van der Waals surface area contributed by atoms with Crippen LogP contribution in [0.25, 0.3) is 11.1 Å². The number of aromatic nitrogens is 2. The molecule has 0 saturated carbocycles. The average Bonchev–Trinajstić information content (AvgIpc) is 2.12. The van der Waals surface area contributed by atoms with Crippen molar-refractivity contribution in [3.8, 4) is 0 Å². The zero-order valence-electron chi connectivity index (χ0n) is 7.37. The van der Waals surface area contributed by atoms with Gasteiger partial charge in [-0.1, -0.05) is 0 Å². The van der Waals surface area contributed by atoms with Gasteiger partial charge < -0.3 is 4.42 Å². The van der Waals surface area contributed by atoms with E-state index >= 15 is 0 Å². The molecule has 66 valence electrons. The monoisotopic (exact) mass is 176 g/mol. The quantitative estimate of drug-likeness (QED) is 0.605. The van der Waals surface area contributed by atoms with Crippen molar-refractivity contribution in [2.45, 2.75) is 13.8 Å². The first kappa shape index (κ1) is 7.91. The van der Waals surface area contributed by atoms with Gasteiger partial charge in [0.15, 0.2) is 5.43 Å². The Kier molecular flexibility index (Phi) is 1.62. The molecule has 2 aromatic rings. The van der Waals surface area contributed by atoms with Gasteiger partial charge in [-0.05, 0) is 19.4 Å². The Hall–Kier alpha value is -1.71. The van der Waals surface area contributed by atoms with Gasteiger partial charge in [-0.25, -0.2) is 0 Å². The molecule has 0 saturated heterocycles. The first-order chi connectivity index (χ1) is 6.20. The standard InChI is InChI=1S/C9H8N2O2/c1-5-3-10-11-9-7(5)8(12)6(2)4-13-9/h3-4H,1-2H3. The predicted octanol–water partition coefficient (Wildman–Crippen LogP) is 1.20. The van der Waals surface area contributed by atoms with Crippen molar-refractivity contribution in [2.24, 2.45) is 0 Å². The van der Waals surface area contributed by atoms with E-state index in [4.69, 9.17) is 4.42 Å². The highest BCUT2D eigenvalue weighted by molar-refractivity contribution is 5.75. The molecular weight excluding hydrogens is 168 g/mol. The van der Waals surface area contributed by atoms with Gasteiger partial charge in [0.05, 0.1) is 17.8 Å². The highest BCUT2D eigenvalue weighted by Crippen LogP contribution is 2.10. The summed E-state index contributed by atoms with van der Waals surface area (Å²) in [6, 6.07) is 0. The van der Waals surface area contributed by atoms with Crippen LogP contribution in [0.3, 0.4) is 0 Å². The van der Waals surface area contributed by atoms with Crippen LogP contribution in [-0.2, 0) is 0 Å². The van der Waals surface area contributed by atoms with Gasteiger partial charge in [-0.3, -0.25) is 4.79 Å². The summed E-state index contributed by atoms with van der Waals surface area (Å²) in [6.07, 6.45) is 2.96. The molecule has 0 spiro atoms. The molecule has 2 rings (SSSR count). The fourth-order valence-electron chi connectivity index (χ4n) is 1.20. The zero-order valence-corrected chi connectivity index (χ0v) is 7.37. The fourth-order valence-corrected chi connectivity index (χ4v) is 1.20. The van der Waals surface area contributed by atoms with Crippen LogP contribution in [0.1, 0.15) is 11.1 Å². The van der Waals surface area contributed by atoms with Crippen molar-refractivity contribution in [3.05, 3.63) is 33.8 Å². The van der Waals surface area contributed by atoms with Crippen LogP contribution in [0.5, 0.6) is 0 Å². The minimum absolute atomic E-state index is 0.0337. The lowest BCUT2D eigenvalue weighted by Gasteiger charge is -1.98. The summed E-state index contributed by atoms with van der Waals surface area (Å²) < 4.78 is 5.13. The summed E-state index contributed by atoms with van der Waals surface area (Å²) in [5.41, 5.74) is 1.65. The minimum atomic E-state index is -0.0337. The molecule has 2 aromatic heterocycles. The molecule has 0 atom stereocenters. The van der Waals surface area contributed by atoms with E-state index < -0.39 is 0 Å². The Morgan fingerprint density at radius 2 is 2.08 bits per heavy atom. The molecule has 0 aromatic carbocycles. The summed E-state index contributed by atoms with van der Waals surface area (Å²) in [7, 11) is 0. The Balaban J connectivity index is 3.06. The maximum atomic E-state index is 11.6. The molecule has 0 aliphatic carbocycles. The third-order valence-corrected chi connectivity index (χ3v) is 1.94. The van der Waals surface area contributed by atoms with Crippen molar-refractivity contribution in [1.29, 1.82) is 0 Å². The van der Waals surface area contributed by atoms with Crippen molar-refractivity contribution in [1.82, 2.24) is 10.2 Å². The van der Waals surface area contributed by atoms with Crippen molar-refractivity contribution in [3.63, 3.8) is 0 Å². The summed E-state index contributed by atoms with van der Waals surface area (Å²) in [5.74, 6) is 0. The summed E-state index contributed by atoms with van der Waals surface area (Å²) in [6.45, 7) is 3.53. The van der Waals surface area contributed by atoms with E-state index in [-0.39, 0.29) is 5.43 Å². The normalized spacial score (nSPS) is 10.6. The molecule has 0 bridgehead atoms. The van der Waals surface area contributed by atoms with Crippen LogP contribution < -0.4 is 5.43 Å². The van der Waals surface area contributed by atoms with Crippen LogP contribution >= 0.6 is 0 Å². The third kappa shape index (κ3) is 1.11. The SMILES string of the molecule is Cc1coc2nncc(C)c2c1=O. The van der Waals surface area contributed by atoms with E-state index in [2.05, 4.69) is 10.2 Å². The van der Waals surface area contributed by atoms with Gasteiger partial charge >= 0.3 is 0 Å². The van der Waals surface area contributed by atoms with Gasteiger partial charge in [0.2, 0.25) is 5.71 Å². The maximum Gasteiger partial charge on any atom is 0.249 e. The molecule has 0 amide bonds. The third-order valence-electron chi connectivity index (χ3n) is 1.94. The summed E-state index contributed by atoms with van der Waals surface area (Å²) in [5, 5.41) is 7.95. The van der Waals surface area contributed by atoms with Gasteiger partial charge in [0, 0.05) is 5.56 Å². The highest BCUT2D eigenvalue weighted by atomic mass is 16.3. The Morgan fingerprint density at radius 3 is 2.85 bits per heavy atom. The fraction of sp³-hybridized carbons (Fsp3) is 0.222. The molecule has 13 heavy (non-hydrogen) atoms. The molecule has 0 aliphatic rings. The lowest BCUT2D eigenvalue weighted by molar-refractivity contribution is 0.577. The highest BCUT2D eigenvalue weighted by Gasteiger charge is 2.07. The van der Waals surface area contributed by atoms with Crippen LogP contribution in [-0.4, -0.2) is 10.2 Å². The predicted molar refractivity (Wildman–Crippen MR) is 47.5 cm³/mol. The number of hydrogen-bond donors (Lipinski definition) is 0. The second-order valence-electron chi connectivity index (χ2n) is 2.96. The zero-order chi connectivity index (χ0) is 9.42. The molecule has 0 unspecified atom stereocenters. The summed E-state index contributed by atoms with van der Waals surface area (Å²) in [4.78, 5) is 11.6. The Morgan fingerprint density at radius 1 is 1.31 bits per heavy atom. The molecule has 0 aliphatic heterocycles. The van der Waals surface area contributed by atoms with E-state index in [9.17, 15) is 4.79 Å². The largest absolute Gasteiger partial charge is 0.444 e. The first-order valence-electron chi connectivity index (χ1n) is 3.90. The molecule has 0 fully saturated rings. The second-order valence-corrected chi connectivity index (χ2v) is 2.96. The Bertz CT molecular complexity index is 516. The first-order valence-corrected chi connectivity index (χ1v) is 3.90. The number of rotatable bonds is 0. The van der Waals surface area contributed by atoms with E-state index in [1.165, 1.54) is 6.26 Å². The molecule has 4 nitrogen and oxygen atoms in total. The number of hydrogen-bond acceptors (Lipinski definition) is 4. The molecule has 0 N–H and O–H groups in total. The maximum absolute atomic E-state index is 11.6. The molecule has 2 heterocycles. The summed E-state index contributed by atoms with van der Waals surface area (Å²) >= 11 is 0. The van der Waals surface area contributed by atoms with Crippen LogP contribution in [0.4, 0.5) is 0 Å². The molecule has 0 radical (unpaired) electrons. The lowest BCUT2D eigenvalue weighted by Crippen LogP contribution is -2.07. The van der Waals surface area contributed by atoms with Crippen LogP contribution in [0, 0.1) is 13.8 Å². The van der Waals surface area contributed by atoms with E-state index in [0.717, 1.165) is 5.56 Å². The smallest absolute Gasteiger partial charge is 0.249 e. The van der Waals surface area contributed by atoms with Gasteiger partial charge in [-0.15, -0.1) is 5.10 Å². The van der Waals surface area contributed by atoms with Gasteiger partial charge in [0.1, 0.15) is 0 Å². The van der Waals surface area contributed by atoms with E-state index in [0.29, 0.717) is 16.7 Å². The minimum Gasteiger partial charge on any atom is -0.444 e. The number of nitrogens with zero attached hydrogens (tertiary/aromatic N) is 2. The number of aryl methyl sites for hydroxylation is 2. The van der Waals surface area contributed by atoms with Crippen LogP contribution in [0.2, 0.25) is 0 Å². The van der Waals surface area contributed by atoms with Gasteiger partial charge in [-0.2, -0.15) is 5.10 Å². The van der Waals surface area contributed by atoms with E-state index in [1.54, 1.807) is 13.1 Å². The Labute approximate surface area is 74.2 Å². The second kappa shape index (κ2) is 2.65.